The van der Waals surface area contributed by atoms with Gasteiger partial charge in [-0.3, -0.25) is 19.1 Å². The standard InChI is InChI=1S/C39H47F5N4O5/c1-22(2)53-29-20-47(21-29)13-12-26-19-48(38(52)45-24(26)4)33-11-9-7-5-6-8-10-25-15-28(40)14-23(3)35(25)27-16-30(32(18-34(49)50)46-37(33)51)36(41)31(17-27)39(42,43)44/h14-17,19,22,29,32-33H,5-13,18,20-21H2,1-4H3,(H,46,51)(H,49,50)/t32-,33-/m0/s1. The minimum absolute atomic E-state index is 0.0811. The van der Waals surface area contributed by atoms with Gasteiger partial charge in [-0.25, -0.2) is 13.6 Å². The molecule has 0 unspecified atom stereocenters. The second-order valence-corrected chi connectivity index (χ2v) is 14.5. The number of likely N-dealkylation sites (tertiary alicyclic amines) is 1. The van der Waals surface area contributed by atoms with Crippen LogP contribution in [-0.2, 0) is 33.3 Å². The van der Waals surface area contributed by atoms with E-state index >= 15 is 4.39 Å². The fraction of sp³-hybridized carbons (Fsp3) is 0.538. The number of hydrogen-bond donors (Lipinski definition) is 2. The van der Waals surface area contributed by atoms with Crippen molar-refractivity contribution in [1.29, 1.82) is 0 Å². The predicted octanol–water partition coefficient (Wildman–Crippen LogP) is 7.25. The van der Waals surface area contributed by atoms with Gasteiger partial charge in [-0.1, -0.05) is 25.7 Å². The van der Waals surface area contributed by atoms with E-state index in [0.717, 1.165) is 31.1 Å². The molecule has 288 valence electrons. The van der Waals surface area contributed by atoms with E-state index in [1.807, 2.05) is 13.8 Å². The lowest BCUT2D eigenvalue weighted by Gasteiger charge is -2.40. The van der Waals surface area contributed by atoms with Crippen LogP contribution in [0.1, 0.15) is 104 Å². The van der Waals surface area contributed by atoms with Crippen LogP contribution in [0.2, 0.25) is 0 Å². The number of benzene rings is 2. The van der Waals surface area contributed by atoms with Crippen molar-refractivity contribution in [3.05, 3.63) is 86.1 Å². The fourth-order valence-electron chi connectivity index (χ4n) is 7.45. The monoisotopic (exact) mass is 746 g/mol. The summed E-state index contributed by atoms with van der Waals surface area (Å²) in [4.78, 5) is 46.0. The van der Waals surface area contributed by atoms with Gasteiger partial charge in [0, 0.05) is 37.1 Å². The van der Waals surface area contributed by atoms with E-state index in [-0.39, 0.29) is 29.8 Å². The number of amides is 1. The predicted molar refractivity (Wildman–Crippen MR) is 188 cm³/mol. The third-order valence-corrected chi connectivity index (χ3v) is 10.0. The zero-order valence-corrected chi connectivity index (χ0v) is 30.5. The number of carbonyl (C=O) groups is 2. The molecule has 0 aliphatic carbocycles. The smallest absolute Gasteiger partial charge is 0.419 e. The number of nitrogens with one attached hydrogen (secondary N) is 1. The maximum absolute atomic E-state index is 16.0. The van der Waals surface area contributed by atoms with Crippen LogP contribution in [0.4, 0.5) is 22.0 Å². The largest absolute Gasteiger partial charge is 0.481 e. The van der Waals surface area contributed by atoms with Crippen LogP contribution in [0.5, 0.6) is 0 Å². The first-order chi connectivity index (χ1) is 25.0. The van der Waals surface area contributed by atoms with Gasteiger partial charge >= 0.3 is 17.8 Å². The Hall–Kier alpha value is -4.17. The van der Waals surface area contributed by atoms with Gasteiger partial charge in [0.1, 0.15) is 17.7 Å². The van der Waals surface area contributed by atoms with Crippen LogP contribution in [0.3, 0.4) is 0 Å². The van der Waals surface area contributed by atoms with Crippen LogP contribution in [-0.4, -0.2) is 63.3 Å². The number of ether oxygens (including phenoxy) is 1. The summed E-state index contributed by atoms with van der Waals surface area (Å²) >= 11 is 0. The minimum Gasteiger partial charge on any atom is -0.481 e. The van der Waals surface area contributed by atoms with Crippen LogP contribution in [0, 0.1) is 25.5 Å². The molecule has 14 heteroatoms. The molecule has 3 aromatic rings. The van der Waals surface area contributed by atoms with Crippen molar-refractivity contribution in [2.75, 3.05) is 19.6 Å². The summed E-state index contributed by atoms with van der Waals surface area (Å²) in [6.07, 6.45) is -0.0974. The molecule has 2 aliphatic heterocycles. The van der Waals surface area contributed by atoms with Crippen LogP contribution < -0.4 is 11.0 Å². The second-order valence-electron chi connectivity index (χ2n) is 14.5. The van der Waals surface area contributed by atoms with Gasteiger partial charge in [0.25, 0.3) is 0 Å². The van der Waals surface area contributed by atoms with Crippen molar-refractivity contribution in [3.8, 4) is 11.1 Å². The molecule has 3 heterocycles. The zero-order valence-electron chi connectivity index (χ0n) is 30.5. The normalized spacial score (nSPS) is 19.5. The van der Waals surface area contributed by atoms with Gasteiger partial charge in [-0.2, -0.15) is 18.2 Å². The third-order valence-electron chi connectivity index (χ3n) is 10.0. The molecule has 2 N–H and O–H groups in total. The fourth-order valence-corrected chi connectivity index (χ4v) is 7.45. The first kappa shape index (κ1) is 40.0. The summed E-state index contributed by atoms with van der Waals surface area (Å²) in [7, 11) is 0. The highest BCUT2D eigenvalue weighted by molar-refractivity contribution is 5.82. The van der Waals surface area contributed by atoms with E-state index < -0.39 is 65.0 Å². The van der Waals surface area contributed by atoms with E-state index in [0.29, 0.717) is 68.0 Å². The van der Waals surface area contributed by atoms with Gasteiger partial charge in [0.2, 0.25) is 5.91 Å². The van der Waals surface area contributed by atoms with Crippen LogP contribution >= 0.6 is 0 Å². The molecule has 2 atom stereocenters. The topological polar surface area (TPSA) is 114 Å². The maximum atomic E-state index is 16.0. The highest BCUT2D eigenvalue weighted by atomic mass is 19.4. The Balaban J connectivity index is 1.55. The molecule has 5 rings (SSSR count). The first-order valence-electron chi connectivity index (χ1n) is 18.2. The second kappa shape index (κ2) is 16.9. The highest BCUT2D eigenvalue weighted by Crippen LogP contribution is 2.40. The number of carboxylic acids is 1. The van der Waals surface area contributed by atoms with E-state index in [2.05, 4.69) is 15.2 Å². The summed E-state index contributed by atoms with van der Waals surface area (Å²) < 4.78 is 80.8. The lowest BCUT2D eigenvalue weighted by Crippen LogP contribution is -2.53. The quantitative estimate of drug-likeness (QED) is 0.234. The van der Waals surface area contributed by atoms with E-state index in [1.165, 1.54) is 16.7 Å². The van der Waals surface area contributed by atoms with Gasteiger partial charge in [0.15, 0.2) is 0 Å². The summed E-state index contributed by atoms with van der Waals surface area (Å²) in [6.45, 7) is 9.37. The number of fused-ring (bicyclic) bond motifs is 4. The first-order valence-corrected chi connectivity index (χ1v) is 18.2. The Kier molecular flexibility index (Phi) is 12.7. The Morgan fingerprint density at radius 3 is 2.42 bits per heavy atom. The number of aromatic nitrogens is 2. The maximum Gasteiger partial charge on any atom is 0.419 e. The van der Waals surface area contributed by atoms with Gasteiger partial charge in [0.05, 0.1) is 30.2 Å². The summed E-state index contributed by atoms with van der Waals surface area (Å²) in [5.74, 6) is -4.64. The van der Waals surface area contributed by atoms with E-state index in [9.17, 15) is 37.1 Å². The number of halogens is 5. The highest BCUT2D eigenvalue weighted by Gasteiger charge is 2.38. The number of rotatable bonds is 8. The SMILES string of the molecule is Cc1cc(F)cc2c1-c1cc(c(F)c(C(F)(F)F)c1)[C@H](CC(=O)O)NC(=O)[C@@H](n1cc(CCN3CC(OC(C)C)C3)c(C)nc1=O)CCCCCCC2. The number of alkyl halides is 3. The number of carboxylic acid groups (broad SMARTS) is 1. The number of hydrogen-bond acceptors (Lipinski definition) is 6. The van der Waals surface area contributed by atoms with Crippen LogP contribution in [0.15, 0.2) is 35.3 Å². The Morgan fingerprint density at radius 2 is 1.74 bits per heavy atom. The van der Waals surface area contributed by atoms with E-state index in [1.54, 1.807) is 20.0 Å². The summed E-state index contributed by atoms with van der Waals surface area (Å²) in [6, 6.07) is 1.23. The van der Waals surface area contributed by atoms with Gasteiger partial charge in [-0.15, -0.1) is 0 Å². The van der Waals surface area contributed by atoms with Crippen molar-refractivity contribution >= 4 is 11.9 Å². The average Bonchev–Trinajstić information content (AvgIpc) is 3.03. The van der Waals surface area contributed by atoms with Gasteiger partial charge in [-0.05, 0) is 105 Å². The van der Waals surface area contributed by atoms with Crippen LogP contribution in [0.25, 0.3) is 11.1 Å². The third kappa shape index (κ3) is 9.88. The molecule has 2 bridgehead atoms. The van der Waals surface area contributed by atoms with Gasteiger partial charge < -0.3 is 15.2 Å². The molecule has 2 aromatic carbocycles. The summed E-state index contributed by atoms with van der Waals surface area (Å²) in [5.41, 5.74) is -0.851. The van der Waals surface area contributed by atoms with Crippen molar-refractivity contribution in [2.24, 2.45) is 0 Å². The molecule has 53 heavy (non-hydrogen) atoms. The Labute approximate surface area is 305 Å². The lowest BCUT2D eigenvalue weighted by molar-refractivity contribution is -0.140. The minimum atomic E-state index is -5.18. The van der Waals surface area contributed by atoms with Crippen molar-refractivity contribution < 1.29 is 41.4 Å². The number of carbonyl (C=O) groups excluding carboxylic acids is 1. The molecule has 1 amide bonds. The molecular formula is C39H47F5N4O5. The van der Waals surface area contributed by atoms with E-state index in [4.69, 9.17) is 4.74 Å². The lowest BCUT2D eigenvalue weighted by atomic mass is 9.87. The average molecular weight is 747 g/mol. The number of aliphatic carboxylic acids is 1. The molecule has 0 radical (unpaired) electrons. The van der Waals surface area contributed by atoms with Crippen molar-refractivity contribution in [1.82, 2.24) is 19.8 Å². The zero-order chi connectivity index (χ0) is 38.6. The van der Waals surface area contributed by atoms with Crippen molar-refractivity contribution in [2.45, 2.75) is 116 Å². The molecule has 2 aliphatic rings. The molecule has 0 saturated carbocycles. The Bertz CT molecular complexity index is 1870. The molecule has 1 saturated heterocycles. The molecule has 1 aromatic heterocycles. The molecule has 0 spiro atoms. The number of nitrogens with zero attached hydrogens (tertiary/aromatic N) is 3. The molecular weight excluding hydrogens is 699 g/mol. The molecule has 1 fully saturated rings. The van der Waals surface area contributed by atoms with Crippen molar-refractivity contribution in [3.63, 3.8) is 0 Å². The summed E-state index contributed by atoms with van der Waals surface area (Å²) in [5, 5.41) is 12.4. The number of aryl methyl sites for hydroxylation is 3. The molecule has 9 nitrogen and oxygen atoms in total. The Morgan fingerprint density at radius 1 is 1.04 bits per heavy atom.